The first-order chi connectivity index (χ1) is 9.70. The summed E-state index contributed by atoms with van der Waals surface area (Å²) >= 11 is 0. The fourth-order valence-electron chi connectivity index (χ4n) is 3.09. The zero-order valence-corrected chi connectivity index (χ0v) is 11.8. The third-order valence-corrected chi connectivity index (χ3v) is 4.14. The van der Waals surface area contributed by atoms with Crippen molar-refractivity contribution in [2.75, 3.05) is 12.3 Å². The fourth-order valence-corrected chi connectivity index (χ4v) is 3.09. The van der Waals surface area contributed by atoms with E-state index in [1.54, 1.807) is 0 Å². The van der Waals surface area contributed by atoms with Gasteiger partial charge in [-0.2, -0.15) is 0 Å². The lowest BCUT2D eigenvalue weighted by molar-refractivity contribution is 0.0740. The molecule has 1 aliphatic heterocycles. The van der Waals surface area contributed by atoms with E-state index in [4.69, 9.17) is 5.73 Å². The maximum Gasteiger partial charge on any atom is 0.273 e. The van der Waals surface area contributed by atoms with Crippen molar-refractivity contribution in [3.8, 4) is 0 Å². The van der Waals surface area contributed by atoms with Crippen molar-refractivity contribution in [2.24, 2.45) is 0 Å². The van der Waals surface area contributed by atoms with Crippen molar-refractivity contribution in [2.45, 2.75) is 45.1 Å². The Balaban J connectivity index is 1.97. The predicted molar refractivity (Wildman–Crippen MR) is 77.3 cm³/mol. The van der Waals surface area contributed by atoms with E-state index in [1.807, 2.05) is 11.0 Å². The highest BCUT2D eigenvalue weighted by Gasteiger charge is 2.29. The number of rotatable bonds is 2. The summed E-state index contributed by atoms with van der Waals surface area (Å²) in [6.07, 6.45) is 9.05. The van der Waals surface area contributed by atoms with Gasteiger partial charge in [-0.3, -0.25) is 4.79 Å². The first-order valence-electron chi connectivity index (χ1n) is 7.33. The molecule has 1 amide bonds. The standard InChI is InChI=1S/C15H20N4O/c1-2-10-6-5-9-19(10)14(20)13-11-7-3-4-8-12(11)17-15(16)18-13/h5-6,10H,2-4,7-9H2,1H3,(H2,16,17,18). The van der Waals surface area contributed by atoms with Crippen LogP contribution in [0, 0.1) is 0 Å². The Hall–Kier alpha value is -1.91. The van der Waals surface area contributed by atoms with E-state index in [1.165, 1.54) is 0 Å². The number of fused-ring (bicyclic) bond motifs is 1. The molecule has 1 atom stereocenters. The molecule has 0 saturated heterocycles. The number of carbonyl (C=O) groups is 1. The number of nitrogen functional groups attached to an aromatic ring is 1. The van der Waals surface area contributed by atoms with Gasteiger partial charge in [-0.1, -0.05) is 19.1 Å². The summed E-state index contributed by atoms with van der Waals surface area (Å²) in [6, 6.07) is 0.179. The highest BCUT2D eigenvalue weighted by atomic mass is 16.2. The van der Waals surface area contributed by atoms with Crippen LogP contribution in [0.15, 0.2) is 12.2 Å². The lowest BCUT2D eigenvalue weighted by Crippen LogP contribution is -2.37. The first-order valence-corrected chi connectivity index (χ1v) is 7.33. The van der Waals surface area contributed by atoms with Crippen molar-refractivity contribution >= 4 is 11.9 Å². The zero-order valence-electron chi connectivity index (χ0n) is 11.8. The van der Waals surface area contributed by atoms with Gasteiger partial charge in [0.05, 0.1) is 6.04 Å². The second kappa shape index (κ2) is 5.23. The van der Waals surface area contributed by atoms with Crippen LogP contribution < -0.4 is 5.73 Å². The Morgan fingerprint density at radius 2 is 2.20 bits per heavy atom. The van der Waals surface area contributed by atoms with Gasteiger partial charge in [-0.15, -0.1) is 0 Å². The highest BCUT2D eigenvalue weighted by molar-refractivity contribution is 5.95. The lowest BCUT2D eigenvalue weighted by Gasteiger charge is -2.25. The molecule has 1 unspecified atom stereocenters. The number of carbonyl (C=O) groups excluding carboxylic acids is 1. The van der Waals surface area contributed by atoms with Crippen LogP contribution in [0.3, 0.4) is 0 Å². The summed E-state index contributed by atoms with van der Waals surface area (Å²) in [5, 5.41) is 0. The number of hydrogen-bond acceptors (Lipinski definition) is 4. The zero-order chi connectivity index (χ0) is 14.1. The molecule has 0 aromatic carbocycles. The monoisotopic (exact) mass is 272 g/mol. The van der Waals surface area contributed by atoms with Crippen LogP contribution in [-0.2, 0) is 12.8 Å². The van der Waals surface area contributed by atoms with E-state index in [9.17, 15) is 4.79 Å². The largest absolute Gasteiger partial charge is 0.368 e. The highest BCUT2D eigenvalue weighted by Crippen LogP contribution is 2.25. The molecule has 20 heavy (non-hydrogen) atoms. The number of nitrogens with zero attached hydrogens (tertiary/aromatic N) is 3. The number of nitrogens with two attached hydrogens (primary N) is 1. The van der Waals surface area contributed by atoms with Gasteiger partial charge in [0.15, 0.2) is 0 Å². The van der Waals surface area contributed by atoms with E-state index in [2.05, 4.69) is 23.0 Å². The molecule has 2 N–H and O–H groups in total. The quantitative estimate of drug-likeness (QED) is 0.832. The van der Waals surface area contributed by atoms with Crippen LogP contribution in [0.1, 0.15) is 47.9 Å². The molecule has 1 aliphatic carbocycles. The summed E-state index contributed by atoms with van der Waals surface area (Å²) in [5.74, 6) is 0.211. The molecule has 1 aromatic heterocycles. The van der Waals surface area contributed by atoms with Crippen molar-refractivity contribution < 1.29 is 4.79 Å². The Morgan fingerprint density at radius 1 is 1.40 bits per heavy atom. The first kappa shape index (κ1) is 13.1. The molecule has 2 aliphatic rings. The normalized spacial score (nSPS) is 21.1. The van der Waals surface area contributed by atoms with Gasteiger partial charge in [-0.05, 0) is 32.1 Å². The molecule has 2 heterocycles. The molecule has 5 heteroatoms. The molecular formula is C15H20N4O. The number of aromatic nitrogens is 2. The smallest absolute Gasteiger partial charge is 0.273 e. The van der Waals surface area contributed by atoms with Gasteiger partial charge >= 0.3 is 0 Å². The van der Waals surface area contributed by atoms with E-state index in [0.29, 0.717) is 12.2 Å². The molecule has 5 nitrogen and oxygen atoms in total. The third-order valence-electron chi connectivity index (χ3n) is 4.14. The van der Waals surface area contributed by atoms with Crippen molar-refractivity contribution in [1.82, 2.24) is 14.9 Å². The van der Waals surface area contributed by atoms with Crippen LogP contribution >= 0.6 is 0 Å². The van der Waals surface area contributed by atoms with Gasteiger partial charge in [0.25, 0.3) is 5.91 Å². The fraction of sp³-hybridized carbons (Fsp3) is 0.533. The van der Waals surface area contributed by atoms with Crippen LogP contribution in [0.2, 0.25) is 0 Å². The van der Waals surface area contributed by atoms with E-state index in [-0.39, 0.29) is 17.9 Å². The van der Waals surface area contributed by atoms with Gasteiger partial charge in [0.1, 0.15) is 5.69 Å². The minimum absolute atomic E-state index is 0.00546. The van der Waals surface area contributed by atoms with Crippen LogP contribution in [0.25, 0.3) is 0 Å². The number of aryl methyl sites for hydroxylation is 1. The minimum Gasteiger partial charge on any atom is -0.368 e. The summed E-state index contributed by atoms with van der Waals surface area (Å²) in [7, 11) is 0. The van der Waals surface area contributed by atoms with Crippen molar-refractivity contribution in [3.63, 3.8) is 0 Å². The SMILES string of the molecule is CCC1C=CCN1C(=O)c1nc(N)nc2c1CCCC2. The third kappa shape index (κ3) is 2.17. The van der Waals surface area contributed by atoms with Crippen molar-refractivity contribution in [3.05, 3.63) is 29.1 Å². The van der Waals surface area contributed by atoms with Crippen LogP contribution in [-0.4, -0.2) is 33.4 Å². The molecule has 0 bridgehead atoms. The second-order valence-electron chi connectivity index (χ2n) is 5.42. The van der Waals surface area contributed by atoms with Gasteiger partial charge < -0.3 is 10.6 Å². The minimum atomic E-state index is -0.00546. The van der Waals surface area contributed by atoms with Gasteiger partial charge in [0, 0.05) is 17.8 Å². The number of hydrogen-bond donors (Lipinski definition) is 1. The summed E-state index contributed by atoms with van der Waals surface area (Å²) in [5.41, 5.74) is 8.28. The molecule has 0 fully saturated rings. The Morgan fingerprint density at radius 3 is 3.00 bits per heavy atom. The molecule has 0 radical (unpaired) electrons. The lowest BCUT2D eigenvalue weighted by atomic mass is 9.94. The van der Waals surface area contributed by atoms with Gasteiger partial charge in [0.2, 0.25) is 5.95 Å². The van der Waals surface area contributed by atoms with Crippen LogP contribution in [0.4, 0.5) is 5.95 Å². The molecular weight excluding hydrogens is 252 g/mol. The summed E-state index contributed by atoms with van der Waals surface area (Å²) < 4.78 is 0. The van der Waals surface area contributed by atoms with E-state index >= 15 is 0 Å². The van der Waals surface area contributed by atoms with Crippen molar-refractivity contribution in [1.29, 1.82) is 0 Å². The average Bonchev–Trinajstić information content (AvgIpc) is 2.94. The Kier molecular flexibility index (Phi) is 3.42. The molecule has 3 rings (SSSR count). The molecule has 1 aromatic rings. The maximum atomic E-state index is 12.8. The molecule has 0 saturated carbocycles. The predicted octanol–water partition coefficient (Wildman–Crippen LogP) is 1.73. The van der Waals surface area contributed by atoms with Gasteiger partial charge in [-0.25, -0.2) is 9.97 Å². The number of amides is 1. The second-order valence-corrected chi connectivity index (χ2v) is 5.42. The average molecular weight is 272 g/mol. The maximum absolute atomic E-state index is 12.8. The molecule has 106 valence electrons. The topological polar surface area (TPSA) is 72.1 Å². The Bertz CT molecular complexity index is 567. The van der Waals surface area contributed by atoms with E-state index in [0.717, 1.165) is 43.4 Å². The van der Waals surface area contributed by atoms with Crippen LogP contribution in [0.5, 0.6) is 0 Å². The van der Waals surface area contributed by atoms with E-state index < -0.39 is 0 Å². The summed E-state index contributed by atoms with van der Waals surface area (Å²) in [6.45, 7) is 2.75. The number of anilines is 1. The summed E-state index contributed by atoms with van der Waals surface area (Å²) in [4.78, 5) is 23.2. The molecule has 0 spiro atoms. The Labute approximate surface area is 118 Å².